The highest BCUT2D eigenvalue weighted by Crippen LogP contribution is 2.30. The molecule has 1 aliphatic heterocycles. The second-order valence-corrected chi connectivity index (χ2v) is 9.14. The standard InChI is InChI=1S/C25H29N5O2/c1-16(2)30-24-20-11-18(5-7-21(20)26-13-22(24)29(4)25(30)31)19-6-8-23(27-12-19)32-15-17-9-10-28(3)14-17/h5-8,11-13,16-17H,9-10,14-15H2,1-4H3/t17-/m1/s1. The van der Waals surface area contributed by atoms with Crippen LogP contribution in [-0.2, 0) is 7.05 Å². The maximum absolute atomic E-state index is 12.8. The summed E-state index contributed by atoms with van der Waals surface area (Å²) in [4.78, 5) is 24.3. The summed E-state index contributed by atoms with van der Waals surface area (Å²) in [6.07, 6.45) is 4.81. The predicted octanol–water partition coefficient (Wildman–Crippen LogP) is 3.86. The van der Waals surface area contributed by atoms with Crippen LogP contribution in [0.2, 0.25) is 0 Å². The van der Waals surface area contributed by atoms with Crippen molar-refractivity contribution in [2.45, 2.75) is 26.3 Å². The van der Waals surface area contributed by atoms with E-state index in [1.54, 1.807) is 17.8 Å². The first-order chi connectivity index (χ1) is 15.4. The van der Waals surface area contributed by atoms with E-state index in [-0.39, 0.29) is 11.7 Å². The van der Waals surface area contributed by atoms with Crippen LogP contribution in [0.3, 0.4) is 0 Å². The number of rotatable bonds is 5. The third kappa shape index (κ3) is 3.56. The lowest BCUT2D eigenvalue weighted by atomic mass is 10.0. The number of hydrogen-bond acceptors (Lipinski definition) is 5. The van der Waals surface area contributed by atoms with Crippen LogP contribution in [0.1, 0.15) is 26.3 Å². The van der Waals surface area contributed by atoms with Gasteiger partial charge < -0.3 is 9.64 Å². The van der Waals surface area contributed by atoms with Gasteiger partial charge in [0.05, 0.1) is 29.4 Å². The van der Waals surface area contributed by atoms with Gasteiger partial charge in [0.1, 0.15) is 0 Å². The van der Waals surface area contributed by atoms with Crippen molar-refractivity contribution >= 4 is 21.9 Å². The fraction of sp³-hybridized carbons (Fsp3) is 0.400. The number of aromatic nitrogens is 4. The molecule has 4 aromatic rings. The molecular formula is C25H29N5O2. The molecule has 0 aliphatic carbocycles. The number of benzene rings is 1. The van der Waals surface area contributed by atoms with Crippen LogP contribution in [0.25, 0.3) is 33.1 Å². The van der Waals surface area contributed by atoms with Crippen molar-refractivity contribution in [3.8, 4) is 17.0 Å². The van der Waals surface area contributed by atoms with Gasteiger partial charge in [0.2, 0.25) is 5.88 Å². The van der Waals surface area contributed by atoms with Gasteiger partial charge in [-0.25, -0.2) is 9.78 Å². The van der Waals surface area contributed by atoms with Crippen molar-refractivity contribution in [3.63, 3.8) is 0 Å². The molecule has 1 saturated heterocycles. The van der Waals surface area contributed by atoms with Crippen LogP contribution < -0.4 is 10.4 Å². The summed E-state index contributed by atoms with van der Waals surface area (Å²) in [5.74, 6) is 1.23. The Kier molecular flexibility index (Phi) is 5.21. The molecule has 3 aromatic heterocycles. The van der Waals surface area contributed by atoms with E-state index in [4.69, 9.17) is 4.74 Å². The van der Waals surface area contributed by atoms with E-state index in [0.29, 0.717) is 18.4 Å². The molecule has 0 bridgehead atoms. The second-order valence-electron chi connectivity index (χ2n) is 9.14. The lowest BCUT2D eigenvalue weighted by Crippen LogP contribution is -2.23. The number of hydrogen-bond donors (Lipinski definition) is 0. The molecule has 0 spiro atoms. The third-order valence-corrected chi connectivity index (χ3v) is 6.46. The van der Waals surface area contributed by atoms with E-state index in [2.05, 4.69) is 28.0 Å². The molecule has 32 heavy (non-hydrogen) atoms. The van der Waals surface area contributed by atoms with Crippen molar-refractivity contribution in [3.05, 3.63) is 53.2 Å². The van der Waals surface area contributed by atoms with Crippen molar-refractivity contribution < 1.29 is 4.74 Å². The van der Waals surface area contributed by atoms with E-state index in [1.807, 2.05) is 48.9 Å². The minimum atomic E-state index is -0.0219. The first-order valence-electron chi connectivity index (χ1n) is 11.2. The summed E-state index contributed by atoms with van der Waals surface area (Å²) >= 11 is 0. The Balaban J connectivity index is 1.48. The summed E-state index contributed by atoms with van der Waals surface area (Å²) in [6.45, 7) is 6.98. The smallest absolute Gasteiger partial charge is 0.329 e. The molecule has 4 heterocycles. The summed E-state index contributed by atoms with van der Waals surface area (Å²) in [7, 11) is 3.95. The number of fused-ring (bicyclic) bond motifs is 3. The molecule has 0 unspecified atom stereocenters. The van der Waals surface area contributed by atoms with Crippen LogP contribution in [-0.4, -0.2) is 50.7 Å². The topological polar surface area (TPSA) is 65.2 Å². The van der Waals surface area contributed by atoms with E-state index in [1.165, 1.54) is 6.42 Å². The average Bonchev–Trinajstić information content (AvgIpc) is 3.33. The molecular weight excluding hydrogens is 402 g/mol. The highest BCUT2D eigenvalue weighted by atomic mass is 16.5. The summed E-state index contributed by atoms with van der Waals surface area (Å²) in [5, 5.41) is 0.970. The largest absolute Gasteiger partial charge is 0.477 e. The zero-order valence-electron chi connectivity index (χ0n) is 19.1. The highest BCUT2D eigenvalue weighted by Gasteiger charge is 2.20. The van der Waals surface area contributed by atoms with Gasteiger partial charge in [-0.05, 0) is 57.6 Å². The zero-order valence-corrected chi connectivity index (χ0v) is 19.1. The number of imidazole rings is 1. The SMILES string of the molecule is CC(C)n1c(=O)n(C)c2cnc3ccc(-c4ccc(OC[C@@H]5CCN(C)C5)nc4)cc3c21. The van der Waals surface area contributed by atoms with Crippen molar-refractivity contribution in [2.75, 3.05) is 26.7 Å². The highest BCUT2D eigenvalue weighted by molar-refractivity contribution is 6.04. The Hall–Kier alpha value is -3.19. The predicted molar refractivity (Wildman–Crippen MR) is 127 cm³/mol. The summed E-state index contributed by atoms with van der Waals surface area (Å²) < 4.78 is 9.44. The van der Waals surface area contributed by atoms with Crippen LogP contribution in [0.4, 0.5) is 0 Å². The molecule has 0 N–H and O–H groups in total. The molecule has 7 heteroatoms. The molecule has 0 saturated carbocycles. The Morgan fingerprint density at radius 3 is 2.59 bits per heavy atom. The maximum atomic E-state index is 12.8. The fourth-order valence-electron chi connectivity index (χ4n) is 4.69. The van der Waals surface area contributed by atoms with Crippen molar-refractivity contribution in [1.82, 2.24) is 24.0 Å². The lowest BCUT2D eigenvalue weighted by molar-refractivity contribution is 0.241. The number of ether oxygens (including phenoxy) is 1. The first-order valence-corrected chi connectivity index (χ1v) is 11.2. The molecule has 1 aromatic carbocycles. The first kappa shape index (κ1) is 20.7. The van der Waals surface area contributed by atoms with E-state index in [0.717, 1.165) is 46.2 Å². The van der Waals surface area contributed by atoms with Gasteiger partial charge >= 0.3 is 5.69 Å². The third-order valence-electron chi connectivity index (χ3n) is 6.46. The van der Waals surface area contributed by atoms with Gasteiger partial charge in [-0.15, -0.1) is 0 Å². The Bertz CT molecular complexity index is 1340. The van der Waals surface area contributed by atoms with Crippen molar-refractivity contribution in [1.29, 1.82) is 0 Å². The van der Waals surface area contributed by atoms with Gasteiger partial charge in [-0.2, -0.15) is 0 Å². The molecule has 1 aliphatic rings. The summed E-state index contributed by atoms with van der Waals surface area (Å²) in [6, 6.07) is 10.2. The lowest BCUT2D eigenvalue weighted by Gasteiger charge is -2.12. The zero-order chi connectivity index (χ0) is 22.4. The molecule has 1 fully saturated rings. The van der Waals surface area contributed by atoms with Crippen LogP contribution in [0, 0.1) is 5.92 Å². The molecule has 7 nitrogen and oxygen atoms in total. The number of nitrogens with zero attached hydrogens (tertiary/aromatic N) is 5. The fourth-order valence-corrected chi connectivity index (χ4v) is 4.69. The number of aryl methyl sites for hydroxylation is 1. The Morgan fingerprint density at radius 1 is 1.09 bits per heavy atom. The quantitative estimate of drug-likeness (QED) is 0.480. The minimum absolute atomic E-state index is 0.0219. The van der Waals surface area contributed by atoms with Gasteiger partial charge in [-0.1, -0.05) is 6.07 Å². The normalized spacial score (nSPS) is 17.1. The number of pyridine rings is 2. The van der Waals surface area contributed by atoms with E-state index >= 15 is 0 Å². The van der Waals surface area contributed by atoms with Gasteiger partial charge in [0.25, 0.3) is 0 Å². The van der Waals surface area contributed by atoms with E-state index in [9.17, 15) is 4.79 Å². The molecule has 0 radical (unpaired) electrons. The Morgan fingerprint density at radius 2 is 1.91 bits per heavy atom. The number of likely N-dealkylation sites (tertiary alicyclic amines) is 1. The second kappa shape index (κ2) is 8.06. The van der Waals surface area contributed by atoms with Gasteiger partial charge in [0, 0.05) is 48.8 Å². The Labute approximate surface area is 187 Å². The van der Waals surface area contributed by atoms with Gasteiger partial charge in [-0.3, -0.25) is 14.1 Å². The molecule has 1 atom stereocenters. The molecule has 166 valence electrons. The average molecular weight is 432 g/mol. The van der Waals surface area contributed by atoms with Crippen molar-refractivity contribution in [2.24, 2.45) is 13.0 Å². The van der Waals surface area contributed by atoms with Crippen LogP contribution in [0.15, 0.2) is 47.5 Å². The van der Waals surface area contributed by atoms with Crippen LogP contribution >= 0.6 is 0 Å². The minimum Gasteiger partial charge on any atom is -0.477 e. The monoisotopic (exact) mass is 431 g/mol. The van der Waals surface area contributed by atoms with Crippen LogP contribution in [0.5, 0.6) is 5.88 Å². The molecule has 5 rings (SSSR count). The van der Waals surface area contributed by atoms with Gasteiger partial charge in [0.15, 0.2) is 0 Å². The molecule has 0 amide bonds. The van der Waals surface area contributed by atoms with E-state index < -0.39 is 0 Å². The summed E-state index contributed by atoms with van der Waals surface area (Å²) in [5.41, 5.74) is 4.66. The maximum Gasteiger partial charge on any atom is 0.329 e.